The molecule has 1 unspecified atom stereocenters. The molecule has 7 nitrogen and oxygen atoms in total. The van der Waals surface area contributed by atoms with Gasteiger partial charge in [-0.2, -0.15) is 0 Å². The van der Waals surface area contributed by atoms with Crippen molar-refractivity contribution in [2.45, 2.75) is 19.4 Å². The molecule has 2 heterocycles. The number of aromatic nitrogens is 3. The number of rotatable bonds is 5. The van der Waals surface area contributed by atoms with Crippen LogP contribution in [-0.4, -0.2) is 42.0 Å². The van der Waals surface area contributed by atoms with Crippen molar-refractivity contribution >= 4 is 10.0 Å². The van der Waals surface area contributed by atoms with Crippen molar-refractivity contribution in [3.8, 4) is 0 Å². The van der Waals surface area contributed by atoms with Crippen LogP contribution in [0.3, 0.4) is 0 Å². The van der Waals surface area contributed by atoms with E-state index in [1.165, 1.54) is 0 Å². The number of nitrogens with zero attached hydrogens (tertiary/aromatic N) is 3. The van der Waals surface area contributed by atoms with E-state index in [0.717, 1.165) is 25.9 Å². The van der Waals surface area contributed by atoms with Crippen LogP contribution in [0.2, 0.25) is 0 Å². The summed E-state index contributed by atoms with van der Waals surface area (Å²) < 4.78 is 28.1. The molecule has 1 aromatic heterocycles. The van der Waals surface area contributed by atoms with E-state index in [2.05, 4.69) is 20.2 Å². The fourth-order valence-corrected chi connectivity index (χ4v) is 3.45. The van der Waals surface area contributed by atoms with Gasteiger partial charge in [-0.25, -0.2) is 13.1 Å². The highest BCUT2D eigenvalue weighted by molar-refractivity contribution is 7.89. The van der Waals surface area contributed by atoms with Crippen molar-refractivity contribution in [1.29, 1.82) is 0 Å². The van der Waals surface area contributed by atoms with E-state index in [9.17, 15) is 8.42 Å². The Kier molecular flexibility index (Phi) is 4.31. The maximum absolute atomic E-state index is 11.9. The summed E-state index contributed by atoms with van der Waals surface area (Å²) in [5.74, 6) is 0.994. The summed E-state index contributed by atoms with van der Waals surface area (Å²) in [5, 5.41) is 10.8. The first-order valence-electron chi connectivity index (χ1n) is 6.08. The number of hydrogen-bond acceptors (Lipinski definition) is 5. The van der Waals surface area contributed by atoms with Gasteiger partial charge in [0.1, 0.15) is 12.2 Å². The predicted molar refractivity (Wildman–Crippen MR) is 67.2 cm³/mol. The Bertz CT molecular complexity index is 478. The van der Waals surface area contributed by atoms with Crippen LogP contribution in [-0.2, 0) is 23.6 Å². The van der Waals surface area contributed by atoms with Crippen molar-refractivity contribution in [2.75, 3.05) is 18.8 Å². The Labute approximate surface area is 107 Å². The molecule has 0 spiro atoms. The zero-order valence-corrected chi connectivity index (χ0v) is 11.3. The molecule has 1 fully saturated rings. The topological polar surface area (TPSA) is 88.9 Å². The van der Waals surface area contributed by atoms with Crippen LogP contribution in [0.5, 0.6) is 0 Å². The number of piperidine rings is 1. The van der Waals surface area contributed by atoms with Crippen molar-refractivity contribution in [3.63, 3.8) is 0 Å². The molecule has 1 saturated heterocycles. The van der Waals surface area contributed by atoms with Crippen LogP contribution in [0, 0.1) is 5.92 Å². The van der Waals surface area contributed by atoms with Gasteiger partial charge in [-0.05, 0) is 31.8 Å². The zero-order chi connectivity index (χ0) is 13.0. The van der Waals surface area contributed by atoms with E-state index >= 15 is 0 Å². The van der Waals surface area contributed by atoms with Gasteiger partial charge in [0.15, 0.2) is 0 Å². The molecule has 0 bridgehead atoms. The van der Waals surface area contributed by atoms with Gasteiger partial charge in [-0.1, -0.05) is 0 Å². The average Bonchev–Trinajstić information content (AvgIpc) is 2.73. The fraction of sp³-hybridized carbons (Fsp3) is 0.800. The van der Waals surface area contributed by atoms with E-state index in [0.29, 0.717) is 5.82 Å². The van der Waals surface area contributed by atoms with Gasteiger partial charge in [0, 0.05) is 7.05 Å². The summed E-state index contributed by atoms with van der Waals surface area (Å²) in [6.07, 6.45) is 3.57. The highest BCUT2D eigenvalue weighted by Gasteiger charge is 2.21. The molecule has 1 aliphatic heterocycles. The second kappa shape index (κ2) is 5.77. The molecule has 0 radical (unpaired) electrons. The monoisotopic (exact) mass is 273 g/mol. The van der Waals surface area contributed by atoms with E-state index < -0.39 is 10.0 Å². The molecule has 1 aliphatic rings. The highest BCUT2D eigenvalue weighted by atomic mass is 32.2. The number of hydrogen-bond donors (Lipinski definition) is 2. The summed E-state index contributed by atoms with van der Waals surface area (Å²) in [5.41, 5.74) is 0. The second-order valence-electron chi connectivity index (χ2n) is 4.67. The maximum Gasteiger partial charge on any atom is 0.212 e. The summed E-state index contributed by atoms with van der Waals surface area (Å²) in [7, 11) is -1.46. The number of aryl methyl sites for hydroxylation is 1. The molecule has 102 valence electrons. The highest BCUT2D eigenvalue weighted by Crippen LogP contribution is 2.12. The van der Waals surface area contributed by atoms with Gasteiger partial charge >= 0.3 is 0 Å². The van der Waals surface area contributed by atoms with Gasteiger partial charge in [0.2, 0.25) is 10.0 Å². The molecular weight excluding hydrogens is 254 g/mol. The molecule has 0 amide bonds. The van der Waals surface area contributed by atoms with Gasteiger partial charge in [-0.3, -0.25) is 0 Å². The summed E-state index contributed by atoms with van der Waals surface area (Å²) in [4.78, 5) is 0. The Morgan fingerprint density at radius 2 is 2.44 bits per heavy atom. The van der Waals surface area contributed by atoms with Gasteiger partial charge in [-0.15, -0.1) is 10.2 Å². The molecule has 8 heteroatoms. The molecule has 0 aliphatic carbocycles. The minimum Gasteiger partial charge on any atom is -0.320 e. The molecule has 0 aromatic carbocycles. The minimum absolute atomic E-state index is 0.178. The fourth-order valence-electron chi connectivity index (χ4n) is 2.08. The lowest BCUT2D eigenvalue weighted by atomic mass is 10.0. The lowest BCUT2D eigenvalue weighted by molar-refractivity contribution is 0.402. The van der Waals surface area contributed by atoms with Crippen LogP contribution < -0.4 is 10.0 Å². The normalized spacial score (nSPS) is 21.1. The quantitative estimate of drug-likeness (QED) is 0.736. The lowest BCUT2D eigenvalue weighted by Gasteiger charge is -2.22. The first-order chi connectivity index (χ1) is 8.57. The first-order valence-corrected chi connectivity index (χ1v) is 7.73. The standard InChI is InChI=1S/C10H19N5O2S/c1-15-8-12-14-10(15)6-13-18(16,17)7-9-3-2-4-11-5-9/h8-9,11,13H,2-7H2,1H3. The number of nitrogens with one attached hydrogen (secondary N) is 2. The van der Waals surface area contributed by atoms with E-state index in [1.807, 2.05) is 0 Å². The van der Waals surface area contributed by atoms with E-state index in [-0.39, 0.29) is 18.2 Å². The minimum atomic E-state index is -3.25. The van der Waals surface area contributed by atoms with Gasteiger partial charge in [0.05, 0.1) is 12.3 Å². The van der Waals surface area contributed by atoms with Crippen molar-refractivity contribution in [2.24, 2.45) is 13.0 Å². The molecule has 0 saturated carbocycles. The van der Waals surface area contributed by atoms with Crippen LogP contribution in [0.1, 0.15) is 18.7 Å². The van der Waals surface area contributed by atoms with Crippen molar-refractivity contribution in [1.82, 2.24) is 24.8 Å². The molecule has 1 aromatic rings. The van der Waals surface area contributed by atoms with Crippen LogP contribution >= 0.6 is 0 Å². The summed E-state index contributed by atoms with van der Waals surface area (Å²) >= 11 is 0. The van der Waals surface area contributed by atoms with Crippen LogP contribution in [0.25, 0.3) is 0 Å². The Morgan fingerprint density at radius 3 is 3.06 bits per heavy atom. The van der Waals surface area contributed by atoms with E-state index in [4.69, 9.17) is 0 Å². The largest absolute Gasteiger partial charge is 0.320 e. The Balaban J connectivity index is 1.85. The van der Waals surface area contributed by atoms with Crippen molar-refractivity contribution in [3.05, 3.63) is 12.2 Å². The van der Waals surface area contributed by atoms with E-state index in [1.54, 1.807) is 17.9 Å². The summed E-state index contributed by atoms with van der Waals surface area (Å²) in [6.45, 7) is 1.97. The van der Waals surface area contributed by atoms with Crippen LogP contribution in [0.15, 0.2) is 6.33 Å². The molecule has 2 rings (SSSR count). The predicted octanol–water partition coefficient (Wildman–Crippen LogP) is -0.766. The third-order valence-electron chi connectivity index (χ3n) is 3.11. The van der Waals surface area contributed by atoms with Gasteiger partial charge in [0.25, 0.3) is 0 Å². The third-order valence-corrected chi connectivity index (χ3v) is 4.60. The number of sulfonamides is 1. The maximum atomic E-state index is 11.9. The first kappa shape index (κ1) is 13.4. The lowest BCUT2D eigenvalue weighted by Crippen LogP contribution is -2.37. The Morgan fingerprint density at radius 1 is 1.61 bits per heavy atom. The molecular formula is C10H19N5O2S. The summed E-state index contributed by atoms with van der Waals surface area (Å²) in [6, 6.07) is 0. The van der Waals surface area contributed by atoms with Crippen LogP contribution in [0.4, 0.5) is 0 Å². The third kappa shape index (κ3) is 3.76. The molecule has 2 N–H and O–H groups in total. The van der Waals surface area contributed by atoms with Gasteiger partial charge < -0.3 is 9.88 Å². The average molecular weight is 273 g/mol. The van der Waals surface area contributed by atoms with Crippen molar-refractivity contribution < 1.29 is 8.42 Å². The Hall–Kier alpha value is -0.990. The smallest absolute Gasteiger partial charge is 0.212 e. The zero-order valence-electron chi connectivity index (χ0n) is 10.5. The SMILES string of the molecule is Cn1cnnc1CNS(=O)(=O)CC1CCCNC1. The molecule has 1 atom stereocenters. The second-order valence-corrected chi connectivity index (χ2v) is 6.52. The molecule has 18 heavy (non-hydrogen) atoms.